The summed E-state index contributed by atoms with van der Waals surface area (Å²) in [6, 6.07) is 0.558. The molecule has 4 heteroatoms. The molecule has 2 aliphatic rings. The van der Waals surface area contributed by atoms with Gasteiger partial charge < -0.3 is 10.6 Å². The van der Waals surface area contributed by atoms with Gasteiger partial charge in [0, 0.05) is 24.1 Å². The first-order chi connectivity index (χ1) is 9.51. The van der Waals surface area contributed by atoms with Crippen molar-refractivity contribution >= 4 is 11.6 Å². The maximum Gasteiger partial charge on any atom is 0.136 e. The molecule has 20 heavy (non-hydrogen) atoms. The van der Waals surface area contributed by atoms with Crippen LogP contribution in [0.2, 0.25) is 0 Å². The van der Waals surface area contributed by atoms with E-state index >= 15 is 0 Å². The minimum Gasteiger partial charge on any atom is -0.370 e. The Morgan fingerprint density at radius 2 is 1.85 bits per heavy atom. The Bertz CT molecular complexity index is 505. The van der Waals surface area contributed by atoms with Gasteiger partial charge in [-0.25, -0.2) is 9.97 Å². The molecule has 2 fully saturated rings. The van der Waals surface area contributed by atoms with Gasteiger partial charge in [0.2, 0.25) is 0 Å². The number of hydrogen-bond donors (Lipinski definition) is 2. The molecule has 3 rings (SSSR count). The maximum absolute atomic E-state index is 4.79. The minimum atomic E-state index is 0.411. The van der Waals surface area contributed by atoms with Crippen LogP contribution in [-0.2, 0) is 0 Å². The lowest BCUT2D eigenvalue weighted by Crippen LogP contribution is -2.15. The van der Waals surface area contributed by atoms with Crippen LogP contribution in [0.1, 0.15) is 63.8 Å². The van der Waals surface area contributed by atoms with Crippen LogP contribution >= 0.6 is 0 Å². The molecule has 1 unspecified atom stereocenters. The van der Waals surface area contributed by atoms with Crippen molar-refractivity contribution in [1.29, 1.82) is 0 Å². The van der Waals surface area contributed by atoms with Crippen LogP contribution in [0.3, 0.4) is 0 Å². The fourth-order valence-electron chi connectivity index (χ4n) is 2.49. The highest BCUT2D eigenvalue weighted by molar-refractivity contribution is 5.58. The predicted octanol–water partition coefficient (Wildman–Crippen LogP) is 3.69. The van der Waals surface area contributed by atoms with Crippen LogP contribution < -0.4 is 10.6 Å². The van der Waals surface area contributed by atoms with Crippen molar-refractivity contribution in [3.63, 3.8) is 0 Å². The van der Waals surface area contributed by atoms with Gasteiger partial charge in [-0.2, -0.15) is 0 Å². The van der Waals surface area contributed by atoms with Crippen LogP contribution in [0.25, 0.3) is 0 Å². The molecule has 0 bridgehead atoms. The molecule has 1 aromatic heterocycles. The first-order valence-corrected chi connectivity index (χ1v) is 7.90. The van der Waals surface area contributed by atoms with Crippen molar-refractivity contribution in [3.8, 4) is 0 Å². The molecule has 0 radical (unpaired) electrons. The first kappa shape index (κ1) is 13.7. The van der Waals surface area contributed by atoms with E-state index in [9.17, 15) is 0 Å². The summed E-state index contributed by atoms with van der Waals surface area (Å²) < 4.78 is 0. The number of rotatable bonds is 6. The van der Waals surface area contributed by atoms with Crippen LogP contribution in [0.4, 0.5) is 11.6 Å². The molecule has 0 aromatic carbocycles. The van der Waals surface area contributed by atoms with Crippen molar-refractivity contribution in [2.24, 2.45) is 5.41 Å². The third-order valence-corrected chi connectivity index (χ3v) is 4.47. The van der Waals surface area contributed by atoms with Gasteiger partial charge in [-0.3, -0.25) is 0 Å². The molecule has 110 valence electrons. The zero-order valence-electron chi connectivity index (χ0n) is 13.1. The minimum absolute atomic E-state index is 0.411. The van der Waals surface area contributed by atoms with E-state index in [-0.39, 0.29) is 0 Å². The molecule has 2 saturated carbocycles. The topological polar surface area (TPSA) is 49.8 Å². The summed E-state index contributed by atoms with van der Waals surface area (Å²) in [5, 5.41) is 7.07. The Morgan fingerprint density at radius 1 is 1.20 bits per heavy atom. The summed E-state index contributed by atoms with van der Waals surface area (Å²) in [6.07, 6.45) is 4.82. The molecule has 2 aliphatic carbocycles. The Kier molecular flexibility index (Phi) is 3.35. The molecule has 2 N–H and O–H groups in total. The molecule has 0 amide bonds. The lowest BCUT2D eigenvalue weighted by Gasteiger charge is -2.15. The van der Waals surface area contributed by atoms with Crippen LogP contribution in [0.5, 0.6) is 0 Å². The van der Waals surface area contributed by atoms with Gasteiger partial charge in [-0.1, -0.05) is 20.8 Å². The maximum atomic E-state index is 4.79. The van der Waals surface area contributed by atoms with Gasteiger partial charge in [0.25, 0.3) is 0 Å². The second kappa shape index (κ2) is 4.90. The van der Waals surface area contributed by atoms with Gasteiger partial charge in [-0.05, 0) is 38.0 Å². The number of nitrogens with one attached hydrogen (secondary N) is 2. The molecular weight excluding hydrogens is 248 g/mol. The standard InChI is InChI=1S/C16H26N4/c1-5-8-17-13-10(2)14(18-12-9-16(12,3)4)20-15(19-13)11-6-7-11/h11-12H,5-9H2,1-4H3,(H2,17,18,19,20). The van der Waals surface area contributed by atoms with Crippen molar-refractivity contribution in [2.45, 2.75) is 65.3 Å². The monoisotopic (exact) mass is 274 g/mol. The molecular formula is C16H26N4. The number of anilines is 2. The fraction of sp³-hybridized carbons (Fsp3) is 0.750. The largest absolute Gasteiger partial charge is 0.370 e. The zero-order chi connectivity index (χ0) is 14.3. The van der Waals surface area contributed by atoms with E-state index in [1.807, 2.05) is 0 Å². The smallest absolute Gasteiger partial charge is 0.136 e. The average Bonchev–Trinajstić information content (AvgIpc) is 3.29. The summed E-state index contributed by atoms with van der Waals surface area (Å²) in [5.74, 6) is 3.67. The van der Waals surface area contributed by atoms with Gasteiger partial charge in [0.15, 0.2) is 0 Å². The van der Waals surface area contributed by atoms with Crippen molar-refractivity contribution in [3.05, 3.63) is 11.4 Å². The van der Waals surface area contributed by atoms with E-state index in [0.717, 1.165) is 36.0 Å². The average molecular weight is 274 g/mol. The third-order valence-electron chi connectivity index (χ3n) is 4.47. The highest BCUT2D eigenvalue weighted by atomic mass is 15.1. The molecule has 0 spiro atoms. The number of nitrogens with zero attached hydrogens (tertiary/aromatic N) is 2. The molecule has 1 heterocycles. The van der Waals surface area contributed by atoms with Gasteiger partial charge in [-0.15, -0.1) is 0 Å². The Hall–Kier alpha value is -1.32. The number of hydrogen-bond acceptors (Lipinski definition) is 4. The van der Waals surface area contributed by atoms with E-state index in [2.05, 4.69) is 38.3 Å². The molecule has 0 saturated heterocycles. The van der Waals surface area contributed by atoms with E-state index in [0.29, 0.717) is 17.4 Å². The van der Waals surface area contributed by atoms with E-state index in [4.69, 9.17) is 9.97 Å². The van der Waals surface area contributed by atoms with Gasteiger partial charge in [0.05, 0.1) is 0 Å². The third kappa shape index (κ3) is 2.74. The Morgan fingerprint density at radius 3 is 2.40 bits per heavy atom. The molecule has 1 aromatic rings. The summed E-state index contributed by atoms with van der Waals surface area (Å²) in [5.41, 5.74) is 1.57. The summed E-state index contributed by atoms with van der Waals surface area (Å²) in [6.45, 7) is 9.87. The Labute approximate surface area is 121 Å². The Balaban J connectivity index is 1.84. The zero-order valence-corrected chi connectivity index (χ0v) is 13.1. The summed E-state index contributed by atoms with van der Waals surface area (Å²) in [7, 11) is 0. The van der Waals surface area contributed by atoms with E-state index < -0.39 is 0 Å². The lowest BCUT2D eigenvalue weighted by atomic mass is 10.2. The number of aromatic nitrogens is 2. The second-order valence-electron chi connectivity index (χ2n) is 6.99. The van der Waals surface area contributed by atoms with Crippen LogP contribution in [0, 0.1) is 12.3 Å². The SMILES string of the molecule is CCCNc1nc(C2CC2)nc(NC2CC2(C)C)c1C. The highest BCUT2D eigenvalue weighted by Gasteiger charge is 2.46. The van der Waals surface area contributed by atoms with E-state index in [1.165, 1.54) is 19.3 Å². The second-order valence-corrected chi connectivity index (χ2v) is 6.99. The first-order valence-electron chi connectivity index (χ1n) is 7.90. The summed E-state index contributed by atoms with van der Waals surface area (Å²) in [4.78, 5) is 9.52. The van der Waals surface area contributed by atoms with Crippen LogP contribution in [0.15, 0.2) is 0 Å². The molecule has 4 nitrogen and oxygen atoms in total. The molecule has 1 atom stereocenters. The van der Waals surface area contributed by atoms with Gasteiger partial charge in [0.1, 0.15) is 17.5 Å². The van der Waals surface area contributed by atoms with Gasteiger partial charge >= 0.3 is 0 Å². The molecule has 0 aliphatic heterocycles. The van der Waals surface area contributed by atoms with Crippen LogP contribution in [-0.4, -0.2) is 22.6 Å². The lowest BCUT2D eigenvalue weighted by molar-refractivity contribution is 0.629. The van der Waals surface area contributed by atoms with Crippen molar-refractivity contribution in [1.82, 2.24) is 9.97 Å². The normalized spacial score (nSPS) is 23.5. The van der Waals surface area contributed by atoms with Crippen molar-refractivity contribution < 1.29 is 0 Å². The quantitative estimate of drug-likeness (QED) is 0.830. The van der Waals surface area contributed by atoms with E-state index in [1.54, 1.807) is 0 Å². The predicted molar refractivity (Wildman–Crippen MR) is 83.3 cm³/mol. The van der Waals surface area contributed by atoms with Crippen molar-refractivity contribution in [2.75, 3.05) is 17.2 Å². The fourth-order valence-corrected chi connectivity index (χ4v) is 2.49. The highest BCUT2D eigenvalue weighted by Crippen LogP contribution is 2.47. The summed E-state index contributed by atoms with van der Waals surface area (Å²) >= 11 is 0.